The Bertz CT molecular complexity index is 470. The van der Waals surface area contributed by atoms with Crippen LogP contribution < -0.4 is 5.32 Å². The number of hydrogen-bond donors (Lipinski definition) is 1. The average molecular weight is 262 g/mol. The molecule has 1 N–H and O–H groups in total. The normalized spacial score (nSPS) is 12.6. The minimum atomic E-state index is 0.270. The summed E-state index contributed by atoms with van der Waals surface area (Å²) in [5, 5.41) is 5.57. The zero-order valence-corrected chi connectivity index (χ0v) is 11.5. The Morgan fingerprint density at radius 1 is 1.33 bits per heavy atom. The fraction of sp³-hybridized carbons (Fsp3) is 0.357. The minimum Gasteiger partial charge on any atom is -0.380 e. The molecule has 96 valence electrons. The molecule has 2 aromatic rings. The van der Waals surface area contributed by atoms with E-state index < -0.39 is 0 Å². The summed E-state index contributed by atoms with van der Waals surface area (Å²) >= 11 is 1.63. The van der Waals surface area contributed by atoms with Gasteiger partial charge in [-0.1, -0.05) is 24.3 Å². The zero-order valence-electron chi connectivity index (χ0n) is 10.7. The van der Waals surface area contributed by atoms with Gasteiger partial charge in [0.1, 0.15) is 0 Å². The lowest BCUT2D eigenvalue weighted by molar-refractivity contribution is 0.184. The summed E-state index contributed by atoms with van der Waals surface area (Å²) in [6.45, 7) is 3.62. The molecule has 0 aliphatic heterocycles. The molecule has 1 aromatic carbocycles. The quantitative estimate of drug-likeness (QED) is 0.868. The molecule has 0 amide bonds. The van der Waals surface area contributed by atoms with Crippen LogP contribution in [0.15, 0.2) is 35.2 Å². The largest absolute Gasteiger partial charge is 0.380 e. The molecule has 0 spiro atoms. The van der Waals surface area contributed by atoms with Crippen LogP contribution in [0.5, 0.6) is 0 Å². The monoisotopic (exact) mass is 262 g/mol. The molecule has 1 aromatic heterocycles. The highest BCUT2D eigenvalue weighted by Gasteiger charge is 2.08. The van der Waals surface area contributed by atoms with E-state index in [2.05, 4.69) is 40.8 Å². The third-order valence-electron chi connectivity index (χ3n) is 2.91. The molecule has 0 aliphatic rings. The number of ether oxygens (including phenoxy) is 1. The second kappa shape index (κ2) is 6.64. The van der Waals surface area contributed by atoms with E-state index in [-0.39, 0.29) is 6.04 Å². The SMILES string of the molecule is COCc1ccccc1CNC(C)c1cscn1. The summed E-state index contributed by atoms with van der Waals surface area (Å²) < 4.78 is 5.21. The van der Waals surface area contributed by atoms with Crippen molar-refractivity contribution in [3.05, 3.63) is 52.0 Å². The Morgan fingerprint density at radius 2 is 2.11 bits per heavy atom. The molecular weight excluding hydrogens is 244 g/mol. The van der Waals surface area contributed by atoms with Crippen LogP contribution in [0.1, 0.15) is 29.8 Å². The molecule has 3 nitrogen and oxygen atoms in total. The third kappa shape index (κ3) is 3.38. The van der Waals surface area contributed by atoms with Crippen LogP contribution in [0.25, 0.3) is 0 Å². The van der Waals surface area contributed by atoms with E-state index in [0.29, 0.717) is 6.61 Å². The Balaban J connectivity index is 1.97. The van der Waals surface area contributed by atoms with Gasteiger partial charge in [0.05, 0.1) is 17.8 Å². The van der Waals surface area contributed by atoms with Gasteiger partial charge in [-0.2, -0.15) is 0 Å². The van der Waals surface area contributed by atoms with Crippen LogP contribution in [0.4, 0.5) is 0 Å². The lowest BCUT2D eigenvalue weighted by Gasteiger charge is -2.14. The number of aromatic nitrogens is 1. The average Bonchev–Trinajstić information content (AvgIpc) is 2.92. The summed E-state index contributed by atoms with van der Waals surface area (Å²) in [5.74, 6) is 0. The van der Waals surface area contributed by atoms with E-state index in [9.17, 15) is 0 Å². The van der Waals surface area contributed by atoms with E-state index in [1.54, 1.807) is 18.4 Å². The smallest absolute Gasteiger partial charge is 0.0795 e. The molecule has 1 unspecified atom stereocenters. The van der Waals surface area contributed by atoms with Crippen LogP contribution in [0.3, 0.4) is 0 Å². The van der Waals surface area contributed by atoms with Gasteiger partial charge in [0.15, 0.2) is 0 Å². The van der Waals surface area contributed by atoms with Crippen molar-refractivity contribution >= 4 is 11.3 Å². The molecule has 1 heterocycles. The first-order chi connectivity index (χ1) is 8.81. The number of thiazole rings is 1. The second-order valence-corrected chi connectivity index (χ2v) is 4.94. The van der Waals surface area contributed by atoms with Gasteiger partial charge < -0.3 is 10.1 Å². The highest BCUT2D eigenvalue weighted by molar-refractivity contribution is 7.07. The van der Waals surface area contributed by atoms with Crippen LogP contribution in [-0.4, -0.2) is 12.1 Å². The highest BCUT2D eigenvalue weighted by Crippen LogP contribution is 2.15. The van der Waals surface area contributed by atoms with Gasteiger partial charge in [-0.25, -0.2) is 4.98 Å². The Kier molecular flexibility index (Phi) is 4.87. The van der Waals surface area contributed by atoms with Crippen LogP contribution in [-0.2, 0) is 17.9 Å². The summed E-state index contributed by atoms with van der Waals surface area (Å²) in [6.07, 6.45) is 0. The Hall–Kier alpha value is -1.23. The molecule has 2 rings (SSSR count). The molecule has 0 aliphatic carbocycles. The molecule has 0 fully saturated rings. The Labute approximate surface area is 112 Å². The van der Waals surface area contributed by atoms with Gasteiger partial charge in [0.2, 0.25) is 0 Å². The number of rotatable bonds is 6. The number of nitrogens with zero attached hydrogens (tertiary/aromatic N) is 1. The summed E-state index contributed by atoms with van der Waals surface area (Å²) in [4.78, 5) is 4.32. The van der Waals surface area contributed by atoms with E-state index in [0.717, 1.165) is 12.2 Å². The van der Waals surface area contributed by atoms with Crippen LogP contribution >= 0.6 is 11.3 Å². The topological polar surface area (TPSA) is 34.1 Å². The molecule has 0 bridgehead atoms. The fourth-order valence-electron chi connectivity index (χ4n) is 1.83. The van der Waals surface area contributed by atoms with Gasteiger partial charge in [-0.05, 0) is 18.1 Å². The summed E-state index contributed by atoms with van der Waals surface area (Å²) in [7, 11) is 1.72. The van der Waals surface area contributed by atoms with Crippen molar-refractivity contribution in [2.24, 2.45) is 0 Å². The highest BCUT2D eigenvalue weighted by atomic mass is 32.1. The number of benzene rings is 1. The number of methoxy groups -OCH3 is 1. The first kappa shape index (κ1) is 13.2. The van der Waals surface area contributed by atoms with Crippen molar-refractivity contribution in [1.82, 2.24) is 10.3 Å². The van der Waals surface area contributed by atoms with Gasteiger partial charge in [0.25, 0.3) is 0 Å². The molecule has 0 saturated carbocycles. The second-order valence-electron chi connectivity index (χ2n) is 4.22. The van der Waals surface area contributed by atoms with E-state index in [1.165, 1.54) is 11.1 Å². The maximum Gasteiger partial charge on any atom is 0.0795 e. The van der Waals surface area contributed by atoms with Crippen LogP contribution in [0, 0.1) is 0 Å². The lowest BCUT2D eigenvalue weighted by Crippen LogP contribution is -2.19. The van der Waals surface area contributed by atoms with Crippen molar-refractivity contribution in [1.29, 1.82) is 0 Å². The first-order valence-corrected chi connectivity index (χ1v) is 6.92. The molecular formula is C14H18N2OS. The van der Waals surface area contributed by atoms with Gasteiger partial charge in [0, 0.05) is 25.1 Å². The van der Waals surface area contributed by atoms with E-state index >= 15 is 0 Å². The first-order valence-electron chi connectivity index (χ1n) is 5.98. The zero-order chi connectivity index (χ0) is 12.8. The van der Waals surface area contributed by atoms with Crippen molar-refractivity contribution in [3.63, 3.8) is 0 Å². The molecule has 18 heavy (non-hydrogen) atoms. The van der Waals surface area contributed by atoms with Gasteiger partial charge in [-0.3, -0.25) is 0 Å². The predicted molar refractivity (Wildman–Crippen MR) is 74.5 cm³/mol. The third-order valence-corrected chi connectivity index (χ3v) is 3.52. The maximum absolute atomic E-state index is 5.21. The number of hydrogen-bond acceptors (Lipinski definition) is 4. The molecule has 1 atom stereocenters. The predicted octanol–water partition coefficient (Wildman–Crippen LogP) is 3.14. The van der Waals surface area contributed by atoms with E-state index in [1.807, 2.05) is 11.6 Å². The fourth-order valence-corrected chi connectivity index (χ4v) is 2.48. The summed E-state index contributed by atoms with van der Waals surface area (Å²) in [6, 6.07) is 8.61. The number of nitrogens with one attached hydrogen (secondary N) is 1. The lowest BCUT2D eigenvalue weighted by atomic mass is 10.1. The van der Waals surface area contributed by atoms with Crippen LogP contribution in [0.2, 0.25) is 0 Å². The van der Waals surface area contributed by atoms with Crippen molar-refractivity contribution in [2.75, 3.05) is 7.11 Å². The van der Waals surface area contributed by atoms with Crippen molar-refractivity contribution in [3.8, 4) is 0 Å². The van der Waals surface area contributed by atoms with Crippen molar-refractivity contribution < 1.29 is 4.74 Å². The van der Waals surface area contributed by atoms with Gasteiger partial charge >= 0.3 is 0 Å². The van der Waals surface area contributed by atoms with Crippen molar-refractivity contribution in [2.45, 2.75) is 26.1 Å². The summed E-state index contributed by atoms with van der Waals surface area (Å²) in [5.41, 5.74) is 5.48. The molecule has 4 heteroatoms. The maximum atomic E-state index is 5.21. The van der Waals surface area contributed by atoms with E-state index in [4.69, 9.17) is 4.74 Å². The minimum absolute atomic E-state index is 0.270. The van der Waals surface area contributed by atoms with Gasteiger partial charge in [-0.15, -0.1) is 11.3 Å². The standard InChI is InChI=1S/C14H18N2OS/c1-11(14-9-18-10-16-14)15-7-12-5-3-4-6-13(12)8-17-2/h3-6,9-11,15H,7-8H2,1-2H3. The Morgan fingerprint density at radius 3 is 2.78 bits per heavy atom. The molecule has 0 saturated heterocycles. The molecule has 0 radical (unpaired) electrons.